The van der Waals surface area contributed by atoms with Crippen molar-refractivity contribution in [3.63, 3.8) is 0 Å². The van der Waals surface area contributed by atoms with E-state index in [9.17, 15) is 22.8 Å². The van der Waals surface area contributed by atoms with Crippen LogP contribution >= 0.6 is 0 Å². The van der Waals surface area contributed by atoms with Gasteiger partial charge in [0, 0.05) is 0 Å². The average Bonchev–Trinajstić information content (AvgIpc) is 3.02. The van der Waals surface area contributed by atoms with Crippen molar-refractivity contribution in [3.05, 3.63) is 47.3 Å². The number of halogens is 3. The van der Waals surface area contributed by atoms with Crippen LogP contribution in [0.3, 0.4) is 0 Å². The molecule has 0 radical (unpaired) electrons. The summed E-state index contributed by atoms with van der Waals surface area (Å²) >= 11 is 0. The molecule has 2 rings (SSSR count). The summed E-state index contributed by atoms with van der Waals surface area (Å²) in [6, 6.07) is 4.20. The molecular formula is C17H19F3N4O3. The predicted molar refractivity (Wildman–Crippen MR) is 88.8 cm³/mol. The van der Waals surface area contributed by atoms with Crippen LogP contribution in [-0.2, 0) is 17.5 Å². The Labute approximate surface area is 153 Å². The van der Waals surface area contributed by atoms with Crippen LogP contribution in [0, 0.1) is 5.92 Å². The van der Waals surface area contributed by atoms with E-state index in [0.29, 0.717) is 12.0 Å². The first kappa shape index (κ1) is 20.4. The molecule has 7 nitrogen and oxygen atoms in total. The summed E-state index contributed by atoms with van der Waals surface area (Å²) in [6.07, 6.45) is -2.94. The predicted octanol–water partition coefficient (Wildman–Crippen LogP) is 2.90. The highest BCUT2D eigenvalue weighted by Gasteiger charge is 2.31. The highest BCUT2D eigenvalue weighted by Crippen LogP contribution is 2.32. The summed E-state index contributed by atoms with van der Waals surface area (Å²) in [6.45, 7) is 3.49. The Morgan fingerprint density at radius 2 is 2.00 bits per heavy atom. The number of carboxylic acids is 1. The fourth-order valence-corrected chi connectivity index (χ4v) is 2.54. The standard InChI is InChI=1S/C17H19F3N4O3/c1-10(2)6-13(11-4-3-5-12(7-11)17(18,19)20)21-15(25)9-24-8-14(16(26)27)22-23-24/h3-5,7-8,10,13H,6,9H2,1-2H3,(H,21,25)(H,26,27). The summed E-state index contributed by atoms with van der Waals surface area (Å²) < 4.78 is 39.9. The number of rotatable bonds is 7. The number of aromatic carboxylic acids is 1. The Hall–Kier alpha value is -2.91. The summed E-state index contributed by atoms with van der Waals surface area (Å²) in [5.74, 6) is -1.67. The number of nitrogens with one attached hydrogen (secondary N) is 1. The van der Waals surface area contributed by atoms with Crippen molar-refractivity contribution in [1.29, 1.82) is 0 Å². The highest BCUT2D eigenvalue weighted by atomic mass is 19.4. The molecular weight excluding hydrogens is 365 g/mol. The molecule has 10 heteroatoms. The van der Waals surface area contributed by atoms with Crippen LogP contribution in [0.25, 0.3) is 0 Å². The molecule has 1 aromatic carbocycles. The summed E-state index contributed by atoms with van der Waals surface area (Å²) in [4.78, 5) is 23.1. The van der Waals surface area contributed by atoms with Gasteiger partial charge < -0.3 is 10.4 Å². The minimum absolute atomic E-state index is 0.120. The van der Waals surface area contributed by atoms with Crippen LogP contribution in [0.15, 0.2) is 30.5 Å². The molecule has 2 N–H and O–H groups in total. The molecule has 0 spiro atoms. The average molecular weight is 384 g/mol. The van der Waals surface area contributed by atoms with Gasteiger partial charge in [0.1, 0.15) is 6.54 Å². The Balaban J connectivity index is 2.16. The summed E-state index contributed by atoms with van der Waals surface area (Å²) in [5.41, 5.74) is -0.749. The third kappa shape index (κ3) is 5.80. The number of hydrogen-bond acceptors (Lipinski definition) is 4. The van der Waals surface area contributed by atoms with E-state index in [-0.39, 0.29) is 18.2 Å². The van der Waals surface area contributed by atoms with Crippen molar-refractivity contribution >= 4 is 11.9 Å². The lowest BCUT2D eigenvalue weighted by Crippen LogP contribution is -2.32. The molecule has 1 aromatic heterocycles. The van der Waals surface area contributed by atoms with Gasteiger partial charge in [-0.15, -0.1) is 5.10 Å². The first-order valence-corrected chi connectivity index (χ1v) is 8.16. The fourth-order valence-electron chi connectivity index (χ4n) is 2.54. The first-order chi connectivity index (χ1) is 12.6. The van der Waals surface area contributed by atoms with Crippen molar-refractivity contribution in [2.45, 2.75) is 39.0 Å². The minimum Gasteiger partial charge on any atom is -0.476 e. The third-order valence-corrected chi connectivity index (χ3v) is 3.72. The number of amides is 1. The SMILES string of the molecule is CC(C)CC(NC(=O)Cn1cc(C(=O)O)nn1)c1cccc(C(F)(F)F)c1. The summed E-state index contributed by atoms with van der Waals surface area (Å²) in [7, 11) is 0. The van der Waals surface area contributed by atoms with Gasteiger partial charge in [-0.25, -0.2) is 9.48 Å². The number of alkyl halides is 3. The van der Waals surface area contributed by atoms with Crippen molar-refractivity contribution < 1.29 is 27.9 Å². The van der Waals surface area contributed by atoms with Crippen LogP contribution in [0.5, 0.6) is 0 Å². The first-order valence-electron chi connectivity index (χ1n) is 8.16. The van der Waals surface area contributed by atoms with Crippen molar-refractivity contribution in [2.24, 2.45) is 5.92 Å². The third-order valence-electron chi connectivity index (χ3n) is 3.72. The Kier molecular flexibility index (Phi) is 6.19. The van der Waals surface area contributed by atoms with Gasteiger partial charge in [-0.2, -0.15) is 13.2 Å². The van der Waals surface area contributed by atoms with Gasteiger partial charge in [-0.3, -0.25) is 4.79 Å². The molecule has 1 atom stereocenters. The lowest BCUT2D eigenvalue weighted by atomic mass is 9.95. The molecule has 1 unspecified atom stereocenters. The van der Waals surface area contributed by atoms with E-state index in [1.807, 2.05) is 13.8 Å². The molecule has 0 aliphatic rings. The van der Waals surface area contributed by atoms with E-state index in [0.717, 1.165) is 23.0 Å². The van der Waals surface area contributed by atoms with Gasteiger partial charge in [-0.05, 0) is 30.0 Å². The van der Waals surface area contributed by atoms with E-state index in [1.165, 1.54) is 12.1 Å². The lowest BCUT2D eigenvalue weighted by molar-refractivity contribution is -0.137. The molecule has 27 heavy (non-hydrogen) atoms. The quantitative estimate of drug-likeness (QED) is 0.765. The fraction of sp³-hybridized carbons (Fsp3) is 0.412. The maximum Gasteiger partial charge on any atom is 0.416 e. The minimum atomic E-state index is -4.48. The number of carbonyl (C=O) groups is 2. The van der Waals surface area contributed by atoms with Gasteiger partial charge in [0.25, 0.3) is 0 Å². The smallest absolute Gasteiger partial charge is 0.416 e. The van der Waals surface area contributed by atoms with E-state index in [1.54, 1.807) is 0 Å². The number of nitrogens with zero attached hydrogens (tertiary/aromatic N) is 3. The highest BCUT2D eigenvalue weighted by molar-refractivity contribution is 5.84. The van der Waals surface area contributed by atoms with Crippen molar-refractivity contribution in [2.75, 3.05) is 0 Å². The van der Waals surface area contributed by atoms with Crippen molar-refractivity contribution in [3.8, 4) is 0 Å². The normalized spacial score (nSPS) is 12.8. The Bertz CT molecular complexity index is 818. The molecule has 2 aromatic rings. The van der Waals surface area contributed by atoms with Crippen LogP contribution < -0.4 is 5.32 Å². The maximum atomic E-state index is 13.0. The van der Waals surface area contributed by atoms with Crippen molar-refractivity contribution in [1.82, 2.24) is 20.3 Å². The Morgan fingerprint density at radius 3 is 2.56 bits per heavy atom. The number of hydrogen-bond donors (Lipinski definition) is 2. The van der Waals surface area contributed by atoms with E-state index >= 15 is 0 Å². The van der Waals surface area contributed by atoms with E-state index in [2.05, 4.69) is 15.6 Å². The van der Waals surface area contributed by atoms with Gasteiger partial charge in [0.2, 0.25) is 5.91 Å². The maximum absolute atomic E-state index is 13.0. The number of aromatic nitrogens is 3. The zero-order valence-electron chi connectivity index (χ0n) is 14.7. The topological polar surface area (TPSA) is 97.1 Å². The molecule has 0 aliphatic carbocycles. The second-order valence-corrected chi connectivity index (χ2v) is 6.48. The second-order valence-electron chi connectivity index (χ2n) is 6.48. The molecule has 0 fully saturated rings. The van der Waals surface area contributed by atoms with Crippen LogP contribution in [0.1, 0.15) is 47.9 Å². The zero-order chi connectivity index (χ0) is 20.2. The van der Waals surface area contributed by atoms with Gasteiger partial charge >= 0.3 is 12.1 Å². The number of carbonyl (C=O) groups excluding carboxylic acids is 1. The van der Waals surface area contributed by atoms with E-state index < -0.39 is 29.7 Å². The largest absolute Gasteiger partial charge is 0.476 e. The molecule has 0 saturated carbocycles. The molecule has 0 bridgehead atoms. The second kappa shape index (κ2) is 8.19. The molecule has 0 saturated heterocycles. The van der Waals surface area contributed by atoms with Crippen LogP contribution in [-0.4, -0.2) is 32.0 Å². The lowest BCUT2D eigenvalue weighted by Gasteiger charge is -2.22. The monoisotopic (exact) mass is 384 g/mol. The van der Waals surface area contributed by atoms with Gasteiger partial charge in [-0.1, -0.05) is 31.2 Å². The van der Waals surface area contributed by atoms with Crippen LogP contribution in [0.4, 0.5) is 13.2 Å². The Morgan fingerprint density at radius 1 is 1.30 bits per heavy atom. The van der Waals surface area contributed by atoms with E-state index in [4.69, 9.17) is 5.11 Å². The zero-order valence-corrected chi connectivity index (χ0v) is 14.7. The molecule has 146 valence electrons. The van der Waals surface area contributed by atoms with Crippen LogP contribution in [0.2, 0.25) is 0 Å². The number of benzene rings is 1. The molecule has 0 aliphatic heterocycles. The van der Waals surface area contributed by atoms with Gasteiger partial charge in [0.05, 0.1) is 17.8 Å². The number of carboxylic acid groups (broad SMARTS) is 1. The van der Waals surface area contributed by atoms with Gasteiger partial charge in [0.15, 0.2) is 5.69 Å². The molecule has 1 amide bonds. The summed E-state index contributed by atoms with van der Waals surface area (Å²) in [5, 5.41) is 18.4. The molecule has 1 heterocycles.